The van der Waals surface area contributed by atoms with E-state index in [9.17, 15) is 0 Å². The van der Waals surface area contributed by atoms with Gasteiger partial charge >= 0.3 is 0 Å². The monoisotopic (exact) mass is 178 g/mol. The van der Waals surface area contributed by atoms with Gasteiger partial charge in [-0.2, -0.15) is 5.26 Å². The largest absolute Gasteiger partial charge is 0.324 e. The minimum atomic E-state index is 0.376. The Morgan fingerprint density at radius 2 is 2.15 bits per heavy atom. The van der Waals surface area contributed by atoms with E-state index in [2.05, 4.69) is 39.1 Å². The number of hydrogen-bond donors (Lipinski definition) is 1. The van der Waals surface area contributed by atoms with Gasteiger partial charge in [0, 0.05) is 6.54 Å². The topological polar surface area (TPSA) is 35.8 Å². The first-order valence-corrected chi connectivity index (χ1v) is 4.77. The SMILES string of the molecule is CC(C)=CC1C(CNC#N)C1(C)C. The molecule has 0 spiro atoms. The number of nitrogens with zero attached hydrogens (tertiary/aromatic N) is 1. The predicted octanol–water partition coefficient (Wildman–Crippen LogP) is 2.30. The molecule has 0 aromatic heterocycles. The van der Waals surface area contributed by atoms with Crippen molar-refractivity contribution < 1.29 is 0 Å². The first kappa shape index (κ1) is 10.1. The van der Waals surface area contributed by atoms with Gasteiger partial charge in [0.2, 0.25) is 0 Å². The summed E-state index contributed by atoms with van der Waals surface area (Å²) in [4.78, 5) is 0. The summed E-state index contributed by atoms with van der Waals surface area (Å²) in [5.74, 6) is 1.28. The zero-order valence-electron chi connectivity index (χ0n) is 8.89. The van der Waals surface area contributed by atoms with Crippen molar-refractivity contribution in [3.05, 3.63) is 11.6 Å². The van der Waals surface area contributed by atoms with Crippen molar-refractivity contribution >= 4 is 0 Å². The van der Waals surface area contributed by atoms with Crippen LogP contribution in [0.5, 0.6) is 0 Å². The minimum Gasteiger partial charge on any atom is -0.324 e. The molecule has 2 heteroatoms. The van der Waals surface area contributed by atoms with Crippen molar-refractivity contribution in [2.24, 2.45) is 17.3 Å². The van der Waals surface area contributed by atoms with Crippen molar-refractivity contribution in [3.63, 3.8) is 0 Å². The molecule has 2 unspecified atom stereocenters. The number of nitriles is 1. The predicted molar refractivity (Wildman–Crippen MR) is 53.8 cm³/mol. The van der Waals surface area contributed by atoms with Crippen LogP contribution in [0.2, 0.25) is 0 Å². The maximum absolute atomic E-state index is 8.40. The fourth-order valence-corrected chi connectivity index (χ4v) is 2.02. The Balaban J connectivity index is 2.52. The van der Waals surface area contributed by atoms with Crippen molar-refractivity contribution in [2.45, 2.75) is 27.7 Å². The van der Waals surface area contributed by atoms with Crippen molar-refractivity contribution in [3.8, 4) is 6.19 Å². The molecule has 1 fully saturated rings. The quantitative estimate of drug-likeness (QED) is 0.409. The van der Waals surface area contributed by atoms with Gasteiger partial charge in [-0.1, -0.05) is 25.5 Å². The molecule has 1 N–H and O–H groups in total. The Kier molecular flexibility index (Phi) is 2.66. The maximum atomic E-state index is 8.40. The number of hydrogen-bond acceptors (Lipinski definition) is 2. The average molecular weight is 178 g/mol. The van der Waals surface area contributed by atoms with Crippen LogP contribution in [-0.2, 0) is 0 Å². The van der Waals surface area contributed by atoms with Crippen molar-refractivity contribution in [2.75, 3.05) is 6.54 Å². The molecule has 1 aliphatic carbocycles. The summed E-state index contributed by atoms with van der Waals surface area (Å²) in [7, 11) is 0. The molecular formula is C11H18N2. The van der Waals surface area contributed by atoms with Gasteiger partial charge in [0.05, 0.1) is 0 Å². The van der Waals surface area contributed by atoms with E-state index in [4.69, 9.17) is 5.26 Å². The van der Waals surface area contributed by atoms with Crippen LogP contribution in [0.25, 0.3) is 0 Å². The highest BCUT2D eigenvalue weighted by Gasteiger charge is 2.55. The van der Waals surface area contributed by atoms with E-state index in [0.717, 1.165) is 6.54 Å². The molecule has 2 nitrogen and oxygen atoms in total. The molecule has 2 atom stereocenters. The lowest BCUT2D eigenvalue weighted by atomic mass is 10.1. The van der Waals surface area contributed by atoms with Gasteiger partial charge in [-0.25, -0.2) is 0 Å². The normalized spacial score (nSPS) is 28.8. The van der Waals surface area contributed by atoms with Crippen LogP contribution in [0.3, 0.4) is 0 Å². The maximum Gasteiger partial charge on any atom is 0.176 e. The second kappa shape index (κ2) is 3.41. The molecule has 1 saturated carbocycles. The Morgan fingerprint density at radius 1 is 1.54 bits per heavy atom. The summed E-state index contributed by atoms with van der Waals surface area (Å²) in [5, 5.41) is 11.2. The van der Waals surface area contributed by atoms with Gasteiger partial charge in [-0.15, -0.1) is 0 Å². The number of rotatable bonds is 3. The molecule has 1 aliphatic rings. The molecule has 0 aromatic carbocycles. The highest BCUT2D eigenvalue weighted by atomic mass is 14.9. The lowest BCUT2D eigenvalue weighted by Crippen LogP contribution is -2.11. The van der Waals surface area contributed by atoms with Crippen LogP contribution < -0.4 is 5.32 Å². The third-order valence-electron chi connectivity index (χ3n) is 3.05. The van der Waals surface area contributed by atoms with Crippen LogP contribution in [0.4, 0.5) is 0 Å². The van der Waals surface area contributed by atoms with Gasteiger partial charge in [-0.05, 0) is 31.1 Å². The fraction of sp³-hybridized carbons (Fsp3) is 0.727. The third kappa shape index (κ3) is 2.03. The molecule has 0 aliphatic heterocycles. The Labute approximate surface area is 80.6 Å². The van der Waals surface area contributed by atoms with Crippen LogP contribution in [0.15, 0.2) is 11.6 Å². The fourth-order valence-electron chi connectivity index (χ4n) is 2.02. The lowest BCUT2D eigenvalue weighted by Gasteiger charge is -1.99. The van der Waals surface area contributed by atoms with Crippen LogP contribution in [0.1, 0.15) is 27.7 Å². The van der Waals surface area contributed by atoms with Gasteiger partial charge in [0.15, 0.2) is 6.19 Å². The van der Waals surface area contributed by atoms with E-state index in [-0.39, 0.29) is 0 Å². The number of nitrogens with one attached hydrogen (secondary N) is 1. The van der Waals surface area contributed by atoms with Gasteiger partial charge in [0.25, 0.3) is 0 Å². The molecule has 1 rings (SSSR count). The minimum absolute atomic E-state index is 0.376. The van der Waals surface area contributed by atoms with E-state index in [1.807, 2.05) is 6.19 Å². The Morgan fingerprint density at radius 3 is 2.62 bits per heavy atom. The molecule has 13 heavy (non-hydrogen) atoms. The summed E-state index contributed by atoms with van der Waals surface area (Å²) in [6, 6.07) is 0. The first-order valence-electron chi connectivity index (χ1n) is 4.77. The standard InChI is InChI=1S/C11H18N2/c1-8(2)5-9-10(6-13-7-12)11(9,3)4/h5,9-10,13H,6H2,1-4H3. The Bertz CT molecular complexity index is 254. The summed E-state index contributed by atoms with van der Waals surface area (Å²) in [5.41, 5.74) is 1.75. The molecule has 0 radical (unpaired) electrons. The summed E-state index contributed by atoms with van der Waals surface area (Å²) in [6.07, 6.45) is 4.30. The lowest BCUT2D eigenvalue weighted by molar-refractivity contribution is 0.542. The molecule has 0 saturated heterocycles. The molecular weight excluding hydrogens is 160 g/mol. The zero-order valence-corrected chi connectivity index (χ0v) is 8.89. The van der Waals surface area contributed by atoms with Crippen LogP contribution in [0, 0.1) is 28.7 Å². The number of allylic oxidation sites excluding steroid dienone is 2. The molecule has 0 aromatic rings. The Hall–Kier alpha value is -0.970. The van der Waals surface area contributed by atoms with E-state index < -0.39 is 0 Å². The second-order valence-electron chi connectivity index (χ2n) is 4.69. The summed E-state index contributed by atoms with van der Waals surface area (Å²) in [6.45, 7) is 9.60. The molecule has 0 heterocycles. The smallest absolute Gasteiger partial charge is 0.176 e. The summed E-state index contributed by atoms with van der Waals surface area (Å²) >= 11 is 0. The van der Waals surface area contributed by atoms with Gasteiger partial charge in [-0.3, -0.25) is 0 Å². The van der Waals surface area contributed by atoms with Crippen LogP contribution >= 0.6 is 0 Å². The highest BCUT2D eigenvalue weighted by molar-refractivity contribution is 5.17. The third-order valence-corrected chi connectivity index (χ3v) is 3.05. The average Bonchev–Trinajstić information content (AvgIpc) is 2.49. The van der Waals surface area contributed by atoms with Crippen molar-refractivity contribution in [1.29, 1.82) is 5.26 Å². The van der Waals surface area contributed by atoms with Crippen LogP contribution in [-0.4, -0.2) is 6.54 Å². The van der Waals surface area contributed by atoms with E-state index in [1.165, 1.54) is 5.57 Å². The molecule has 72 valence electrons. The molecule has 0 amide bonds. The van der Waals surface area contributed by atoms with Crippen molar-refractivity contribution in [1.82, 2.24) is 5.32 Å². The highest BCUT2D eigenvalue weighted by Crippen LogP contribution is 2.58. The first-order chi connectivity index (χ1) is 6.00. The van der Waals surface area contributed by atoms with Gasteiger partial charge < -0.3 is 5.32 Å². The summed E-state index contributed by atoms with van der Waals surface area (Å²) < 4.78 is 0. The zero-order chi connectivity index (χ0) is 10.1. The van der Waals surface area contributed by atoms with Gasteiger partial charge in [0.1, 0.15) is 0 Å². The second-order valence-corrected chi connectivity index (χ2v) is 4.69. The van der Waals surface area contributed by atoms with E-state index in [0.29, 0.717) is 17.3 Å². The van der Waals surface area contributed by atoms with E-state index >= 15 is 0 Å². The molecule has 0 bridgehead atoms. The van der Waals surface area contributed by atoms with E-state index in [1.54, 1.807) is 0 Å².